The van der Waals surface area contributed by atoms with E-state index in [9.17, 15) is 0 Å². The van der Waals surface area contributed by atoms with Gasteiger partial charge in [-0.3, -0.25) is 0 Å². The van der Waals surface area contributed by atoms with Gasteiger partial charge in [-0.05, 0) is 41.0 Å². The van der Waals surface area contributed by atoms with Gasteiger partial charge in [-0.15, -0.1) is 0 Å². The predicted molar refractivity (Wildman–Crippen MR) is 160 cm³/mol. The van der Waals surface area contributed by atoms with Crippen LogP contribution >= 0.6 is 0 Å². The number of nitrogens with zero attached hydrogens (tertiary/aromatic N) is 3. The number of aromatic amines is 1. The molecule has 1 aliphatic rings. The fourth-order valence-corrected chi connectivity index (χ4v) is 4.65. The predicted octanol–water partition coefficient (Wildman–Crippen LogP) is 8.03. The quantitative estimate of drug-likeness (QED) is 0.256. The molecule has 5 aromatic rings. The van der Waals surface area contributed by atoms with E-state index in [2.05, 4.69) is 109 Å². The third-order valence-electron chi connectivity index (χ3n) is 6.70. The molecule has 0 amide bonds. The van der Waals surface area contributed by atoms with Crippen LogP contribution in [-0.4, -0.2) is 30.6 Å². The molecule has 0 spiro atoms. The number of rotatable bonds is 6. The van der Waals surface area contributed by atoms with Crippen molar-refractivity contribution in [3.05, 3.63) is 139 Å². The van der Waals surface area contributed by atoms with Crippen molar-refractivity contribution in [3.63, 3.8) is 0 Å². The summed E-state index contributed by atoms with van der Waals surface area (Å²) in [4.78, 5) is 15.9. The van der Waals surface area contributed by atoms with Gasteiger partial charge in [-0.25, -0.2) is 9.98 Å². The highest BCUT2D eigenvalue weighted by atomic mass is 15.1. The standard InChI is InChI=1S/C34H28N4/c1-38(2)28-20-18-25(19-21-28)30-23-32(27-16-10-5-11-17-27)36-34(30)37-33-29(24-12-6-3-7-13-24)22-31(35-33)26-14-8-4-9-15-26/h3-23,36H,1-2H3/b37-33-. The molecule has 0 saturated heterocycles. The molecular formula is C34H28N4. The summed E-state index contributed by atoms with van der Waals surface area (Å²) in [5.41, 5.74) is 9.51. The van der Waals surface area contributed by atoms with Crippen LogP contribution in [0.5, 0.6) is 0 Å². The number of aliphatic imine (C=N–C) groups is 2. The number of anilines is 1. The Kier molecular flexibility index (Phi) is 6.29. The summed E-state index contributed by atoms with van der Waals surface area (Å²) in [5, 5.41) is 0. The minimum absolute atomic E-state index is 0.697. The minimum atomic E-state index is 0.697. The SMILES string of the molecule is CN(C)c1ccc(-c2cc(-c3ccccc3)[nH]c2/N=C2\N=C(c3ccccc3)C=C2c2ccccc2)cc1. The maximum atomic E-state index is 5.17. The van der Waals surface area contributed by atoms with Gasteiger partial charge in [0, 0.05) is 42.2 Å². The van der Waals surface area contributed by atoms with E-state index >= 15 is 0 Å². The maximum absolute atomic E-state index is 5.17. The average Bonchev–Trinajstić information content (AvgIpc) is 3.59. The monoisotopic (exact) mass is 492 g/mol. The zero-order chi connectivity index (χ0) is 25.9. The van der Waals surface area contributed by atoms with E-state index in [-0.39, 0.29) is 0 Å². The second kappa shape index (κ2) is 10.2. The van der Waals surface area contributed by atoms with E-state index in [4.69, 9.17) is 9.98 Å². The normalized spacial score (nSPS) is 13.9. The molecule has 0 aliphatic carbocycles. The van der Waals surface area contributed by atoms with Crippen LogP contribution in [0.1, 0.15) is 11.1 Å². The summed E-state index contributed by atoms with van der Waals surface area (Å²) >= 11 is 0. The second-order valence-electron chi connectivity index (χ2n) is 9.48. The molecule has 0 radical (unpaired) electrons. The lowest BCUT2D eigenvalue weighted by Crippen LogP contribution is -2.07. The Balaban J connectivity index is 1.50. The maximum Gasteiger partial charge on any atom is 0.162 e. The first-order valence-corrected chi connectivity index (χ1v) is 12.7. The molecule has 38 heavy (non-hydrogen) atoms. The highest BCUT2D eigenvalue weighted by molar-refractivity contribution is 6.38. The van der Waals surface area contributed by atoms with E-state index in [1.54, 1.807) is 0 Å². The first-order chi connectivity index (χ1) is 18.7. The summed E-state index contributed by atoms with van der Waals surface area (Å²) in [5.74, 6) is 1.49. The summed E-state index contributed by atoms with van der Waals surface area (Å²) in [6.45, 7) is 0. The molecule has 1 N–H and O–H groups in total. The lowest BCUT2D eigenvalue weighted by atomic mass is 10.0. The van der Waals surface area contributed by atoms with Crippen LogP contribution in [0.4, 0.5) is 11.5 Å². The number of benzene rings is 4. The third kappa shape index (κ3) is 4.72. The van der Waals surface area contributed by atoms with Crippen molar-refractivity contribution < 1.29 is 0 Å². The van der Waals surface area contributed by atoms with Gasteiger partial charge >= 0.3 is 0 Å². The van der Waals surface area contributed by atoms with Crippen molar-refractivity contribution in [1.29, 1.82) is 0 Å². The van der Waals surface area contributed by atoms with Crippen molar-refractivity contribution >= 4 is 28.6 Å². The fourth-order valence-electron chi connectivity index (χ4n) is 4.65. The van der Waals surface area contributed by atoms with Crippen molar-refractivity contribution in [2.45, 2.75) is 0 Å². The van der Waals surface area contributed by atoms with Gasteiger partial charge in [0.25, 0.3) is 0 Å². The molecule has 0 bridgehead atoms. The number of amidine groups is 1. The molecule has 0 saturated carbocycles. The van der Waals surface area contributed by atoms with Crippen molar-refractivity contribution in [2.75, 3.05) is 19.0 Å². The number of hydrogen-bond acceptors (Lipinski definition) is 2. The Morgan fingerprint density at radius 3 is 1.82 bits per heavy atom. The van der Waals surface area contributed by atoms with Gasteiger partial charge in [-0.2, -0.15) is 0 Å². The van der Waals surface area contributed by atoms with E-state index < -0.39 is 0 Å². The first-order valence-electron chi connectivity index (χ1n) is 12.7. The number of aromatic nitrogens is 1. The van der Waals surface area contributed by atoms with Crippen LogP contribution in [0, 0.1) is 0 Å². The number of hydrogen-bond donors (Lipinski definition) is 1. The topological polar surface area (TPSA) is 43.8 Å². The Labute approximate surface area is 223 Å². The second-order valence-corrected chi connectivity index (χ2v) is 9.48. The van der Waals surface area contributed by atoms with Gasteiger partial charge < -0.3 is 9.88 Å². The molecule has 4 heteroatoms. The lowest BCUT2D eigenvalue weighted by molar-refractivity contribution is 1.13. The average molecular weight is 493 g/mol. The molecule has 0 fully saturated rings. The van der Waals surface area contributed by atoms with Crippen LogP contribution < -0.4 is 4.90 Å². The number of allylic oxidation sites excluding steroid dienone is 1. The Bertz CT molecular complexity index is 1640. The molecule has 184 valence electrons. The highest BCUT2D eigenvalue weighted by Crippen LogP contribution is 2.37. The largest absolute Gasteiger partial charge is 0.378 e. The Morgan fingerprint density at radius 1 is 0.632 bits per heavy atom. The molecule has 1 aliphatic heterocycles. The van der Waals surface area contributed by atoms with Crippen LogP contribution in [0.15, 0.2) is 137 Å². The van der Waals surface area contributed by atoms with Gasteiger partial charge in [-0.1, -0.05) is 103 Å². The van der Waals surface area contributed by atoms with Gasteiger partial charge in [0.2, 0.25) is 0 Å². The fraction of sp³-hybridized carbons (Fsp3) is 0.0588. The van der Waals surface area contributed by atoms with Gasteiger partial charge in [0.15, 0.2) is 5.84 Å². The molecular weight excluding hydrogens is 464 g/mol. The Hall–Kier alpha value is -4.96. The minimum Gasteiger partial charge on any atom is -0.378 e. The zero-order valence-corrected chi connectivity index (χ0v) is 21.5. The van der Waals surface area contributed by atoms with Gasteiger partial charge in [0.05, 0.1) is 5.71 Å². The van der Waals surface area contributed by atoms with Crippen molar-refractivity contribution in [3.8, 4) is 22.4 Å². The van der Waals surface area contributed by atoms with E-state index in [0.29, 0.717) is 5.84 Å². The van der Waals surface area contributed by atoms with Crippen molar-refractivity contribution in [2.24, 2.45) is 9.98 Å². The summed E-state index contributed by atoms with van der Waals surface area (Å²) in [7, 11) is 4.10. The molecule has 6 rings (SSSR count). The number of nitrogens with one attached hydrogen (secondary N) is 1. The zero-order valence-electron chi connectivity index (χ0n) is 21.5. The van der Waals surface area contributed by atoms with E-state index in [1.807, 2.05) is 42.5 Å². The van der Waals surface area contributed by atoms with Crippen LogP contribution in [0.2, 0.25) is 0 Å². The third-order valence-corrected chi connectivity index (χ3v) is 6.70. The van der Waals surface area contributed by atoms with Crippen molar-refractivity contribution in [1.82, 2.24) is 4.98 Å². The van der Waals surface area contributed by atoms with E-state index in [1.165, 1.54) is 0 Å². The first kappa shape index (κ1) is 23.4. The summed E-state index contributed by atoms with van der Waals surface area (Å²) < 4.78 is 0. The molecule has 0 atom stereocenters. The molecule has 2 heterocycles. The highest BCUT2D eigenvalue weighted by Gasteiger charge is 2.21. The van der Waals surface area contributed by atoms with E-state index in [0.717, 1.165) is 56.3 Å². The van der Waals surface area contributed by atoms with Crippen LogP contribution in [0.3, 0.4) is 0 Å². The number of H-pyrrole nitrogens is 1. The molecule has 1 aromatic heterocycles. The van der Waals surface area contributed by atoms with Crippen LogP contribution in [0.25, 0.3) is 28.0 Å². The smallest absolute Gasteiger partial charge is 0.162 e. The molecule has 4 aromatic carbocycles. The Morgan fingerprint density at radius 2 is 1.21 bits per heavy atom. The van der Waals surface area contributed by atoms with Gasteiger partial charge in [0.1, 0.15) is 5.82 Å². The summed E-state index contributed by atoms with van der Waals surface area (Å²) in [6, 6.07) is 41.7. The molecule has 4 nitrogen and oxygen atoms in total. The molecule has 0 unspecified atom stereocenters. The van der Waals surface area contributed by atoms with Crippen LogP contribution in [-0.2, 0) is 0 Å². The lowest BCUT2D eigenvalue weighted by Gasteiger charge is -2.12. The summed E-state index contributed by atoms with van der Waals surface area (Å²) in [6.07, 6.45) is 2.14.